The van der Waals surface area contributed by atoms with Crippen LogP contribution in [0.15, 0.2) is 24.3 Å². The molecule has 5 nitrogen and oxygen atoms in total. The first-order chi connectivity index (χ1) is 14.6. The molecule has 2 fully saturated rings. The summed E-state index contributed by atoms with van der Waals surface area (Å²) in [6.45, 7) is 3.41. The first-order valence-corrected chi connectivity index (χ1v) is 10.3. The van der Waals surface area contributed by atoms with Crippen molar-refractivity contribution < 1.29 is 26.7 Å². The lowest BCUT2D eigenvalue weighted by Gasteiger charge is -2.36. The van der Waals surface area contributed by atoms with Crippen molar-refractivity contribution in [1.82, 2.24) is 19.6 Å². The fraction of sp³-hybridized carbons (Fsp3) is 0.524. The third-order valence-electron chi connectivity index (χ3n) is 5.88. The minimum Gasteiger partial charge on any atom is -0.338 e. The Hall–Kier alpha value is -2.49. The van der Waals surface area contributed by atoms with Gasteiger partial charge in [-0.2, -0.15) is 18.3 Å². The van der Waals surface area contributed by atoms with Crippen LogP contribution in [0.2, 0.25) is 0 Å². The van der Waals surface area contributed by atoms with Gasteiger partial charge in [0.25, 0.3) is 0 Å². The summed E-state index contributed by atoms with van der Waals surface area (Å²) in [6.07, 6.45) is -2.98. The summed E-state index contributed by atoms with van der Waals surface area (Å²) in [4.78, 5) is 16.5. The van der Waals surface area contributed by atoms with Gasteiger partial charge in [0.1, 0.15) is 6.04 Å². The molecule has 1 atom stereocenters. The van der Waals surface area contributed by atoms with Crippen molar-refractivity contribution in [3.05, 3.63) is 52.9 Å². The van der Waals surface area contributed by atoms with Crippen molar-refractivity contribution in [2.45, 2.75) is 44.4 Å². The highest BCUT2D eigenvalue weighted by Gasteiger charge is 2.40. The standard InChI is InChI=1S/C21H23F5N4O/c1-13(30-17(14-5-6-14)11-18(27-30)21(24,25)26)20(31)29-9-7-28(8-10-29)12-15-3-2-4-16(22)19(15)23/h2-4,11,13-14H,5-10,12H2,1H3. The van der Waals surface area contributed by atoms with E-state index in [0.29, 0.717) is 31.9 Å². The van der Waals surface area contributed by atoms with Crippen LogP contribution in [-0.2, 0) is 17.5 Å². The van der Waals surface area contributed by atoms with Crippen molar-refractivity contribution in [2.75, 3.05) is 26.2 Å². The summed E-state index contributed by atoms with van der Waals surface area (Å²) in [5, 5.41) is 3.70. The van der Waals surface area contributed by atoms with Crippen LogP contribution in [0.4, 0.5) is 22.0 Å². The Morgan fingerprint density at radius 1 is 1.16 bits per heavy atom. The lowest BCUT2D eigenvalue weighted by Crippen LogP contribution is -2.50. The predicted octanol–water partition coefficient (Wildman–Crippen LogP) is 3.96. The van der Waals surface area contributed by atoms with Crippen LogP contribution >= 0.6 is 0 Å². The molecule has 1 unspecified atom stereocenters. The van der Waals surface area contributed by atoms with Crippen molar-refractivity contribution >= 4 is 5.91 Å². The van der Waals surface area contributed by atoms with E-state index < -0.39 is 29.5 Å². The lowest BCUT2D eigenvalue weighted by molar-refractivity contribution is -0.143. The molecule has 0 radical (unpaired) electrons. The first kappa shape index (κ1) is 21.7. The van der Waals surface area contributed by atoms with Gasteiger partial charge < -0.3 is 4.90 Å². The minimum atomic E-state index is -4.56. The van der Waals surface area contributed by atoms with Gasteiger partial charge >= 0.3 is 6.18 Å². The fourth-order valence-electron chi connectivity index (χ4n) is 3.95. The van der Waals surface area contributed by atoms with Gasteiger partial charge in [-0.3, -0.25) is 14.4 Å². The lowest BCUT2D eigenvalue weighted by atomic mass is 10.1. The SMILES string of the molecule is CC(C(=O)N1CCN(Cc2cccc(F)c2F)CC1)n1nc(C(F)(F)F)cc1C1CC1. The number of aromatic nitrogens is 2. The van der Waals surface area contributed by atoms with E-state index in [1.165, 1.54) is 16.8 Å². The van der Waals surface area contributed by atoms with Crippen molar-refractivity contribution in [3.8, 4) is 0 Å². The zero-order chi connectivity index (χ0) is 22.3. The first-order valence-electron chi connectivity index (χ1n) is 10.3. The van der Waals surface area contributed by atoms with E-state index >= 15 is 0 Å². The Balaban J connectivity index is 1.41. The van der Waals surface area contributed by atoms with Gasteiger partial charge in [-0.25, -0.2) is 8.78 Å². The topological polar surface area (TPSA) is 41.4 Å². The number of hydrogen-bond donors (Lipinski definition) is 0. The highest BCUT2D eigenvalue weighted by Crippen LogP contribution is 2.43. The Bertz CT molecular complexity index is 961. The Kier molecular flexibility index (Phi) is 5.76. The van der Waals surface area contributed by atoms with Gasteiger partial charge in [0.2, 0.25) is 5.91 Å². The summed E-state index contributed by atoms with van der Waals surface area (Å²) >= 11 is 0. The molecule has 10 heteroatoms. The molecule has 1 aromatic carbocycles. The van der Waals surface area contributed by atoms with Crippen molar-refractivity contribution in [2.24, 2.45) is 0 Å². The molecular formula is C21H23F5N4O. The number of carbonyl (C=O) groups is 1. The second-order valence-corrected chi connectivity index (χ2v) is 8.16. The van der Waals surface area contributed by atoms with Crippen LogP contribution in [0.3, 0.4) is 0 Å². The van der Waals surface area contributed by atoms with Crippen LogP contribution < -0.4 is 0 Å². The molecule has 168 valence electrons. The van der Waals surface area contributed by atoms with E-state index in [1.807, 2.05) is 4.90 Å². The molecule has 1 amide bonds. The van der Waals surface area contributed by atoms with Crippen LogP contribution in [0.5, 0.6) is 0 Å². The normalized spacial score (nSPS) is 19.0. The summed E-state index contributed by atoms with van der Waals surface area (Å²) in [5.41, 5.74) is -0.275. The number of benzene rings is 1. The van der Waals surface area contributed by atoms with Gasteiger partial charge in [-0.05, 0) is 31.9 Å². The van der Waals surface area contributed by atoms with Gasteiger partial charge in [0.05, 0.1) is 0 Å². The average Bonchev–Trinajstić information content (AvgIpc) is 3.47. The number of carbonyl (C=O) groups excluding carboxylic acids is 1. The monoisotopic (exact) mass is 442 g/mol. The zero-order valence-corrected chi connectivity index (χ0v) is 17.0. The molecule has 31 heavy (non-hydrogen) atoms. The molecule has 1 saturated heterocycles. The molecule has 1 aromatic heterocycles. The molecule has 2 aliphatic rings. The maximum Gasteiger partial charge on any atom is 0.435 e. The zero-order valence-electron chi connectivity index (χ0n) is 17.0. The summed E-state index contributed by atoms with van der Waals surface area (Å²) in [7, 11) is 0. The number of nitrogens with zero attached hydrogens (tertiary/aromatic N) is 4. The van der Waals surface area contributed by atoms with E-state index in [0.717, 1.165) is 25.0 Å². The third-order valence-corrected chi connectivity index (χ3v) is 5.88. The summed E-state index contributed by atoms with van der Waals surface area (Å²) < 4.78 is 67.9. The van der Waals surface area contributed by atoms with Crippen LogP contribution in [0.25, 0.3) is 0 Å². The number of amides is 1. The van der Waals surface area contributed by atoms with Crippen LogP contribution in [0.1, 0.15) is 48.7 Å². The minimum absolute atomic E-state index is 0.0110. The molecule has 2 aromatic rings. The molecule has 1 aliphatic carbocycles. The van der Waals surface area contributed by atoms with Gasteiger partial charge in [-0.1, -0.05) is 12.1 Å². The molecule has 4 rings (SSSR count). The molecule has 0 bridgehead atoms. The largest absolute Gasteiger partial charge is 0.435 e. The molecule has 0 N–H and O–H groups in total. The smallest absolute Gasteiger partial charge is 0.338 e. The summed E-state index contributed by atoms with van der Waals surface area (Å²) in [5.74, 6) is -2.06. The molecule has 2 heterocycles. The average molecular weight is 442 g/mol. The molecule has 0 spiro atoms. The number of hydrogen-bond acceptors (Lipinski definition) is 3. The maximum atomic E-state index is 13.9. The van der Waals surface area contributed by atoms with Gasteiger partial charge in [-0.15, -0.1) is 0 Å². The maximum absolute atomic E-state index is 13.9. The Morgan fingerprint density at radius 2 is 1.84 bits per heavy atom. The number of halogens is 5. The van der Waals surface area contributed by atoms with Crippen LogP contribution in [0, 0.1) is 11.6 Å². The van der Waals surface area contributed by atoms with Gasteiger partial charge in [0.15, 0.2) is 17.3 Å². The molecular weight excluding hydrogens is 419 g/mol. The van der Waals surface area contributed by atoms with E-state index in [2.05, 4.69) is 5.10 Å². The number of piperazine rings is 1. The molecule has 1 aliphatic heterocycles. The van der Waals surface area contributed by atoms with E-state index in [1.54, 1.807) is 11.8 Å². The number of alkyl halides is 3. The van der Waals surface area contributed by atoms with Crippen molar-refractivity contribution in [3.63, 3.8) is 0 Å². The third kappa shape index (κ3) is 4.58. The highest BCUT2D eigenvalue weighted by molar-refractivity contribution is 5.80. The van der Waals surface area contributed by atoms with Crippen LogP contribution in [-0.4, -0.2) is 51.7 Å². The van der Waals surface area contributed by atoms with Gasteiger partial charge in [0, 0.05) is 49.9 Å². The van der Waals surface area contributed by atoms with E-state index in [-0.39, 0.29) is 23.9 Å². The number of rotatable bonds is 5. The van der Waals surface area contributed by atoms with E-state index in [9.17, 15) is 26.7 Å². The van der Waals surface area contributed by atoms with Crippen molar-refractivity contribution in [1.29, 1.82) is 0 Å². The predicted molar refractivity (Wildman–Crippen MR) is 102 cm³/mol. The molecule has 1 saturated carbocycles. The second kappa shape index (κ2) is 8.22. The van der Waals surface area contributed by atoms with E-state index in [4.69, 9.17) is 0 Å². The quantitative estimate of drug-likeness (QED) is 0.659. The Morgan fingerprint density at radius 3 is 2.45 bits per heavy atom. The second-order valence-electron chi connectivity index (χ2n) is 8.16. The fourth-order valence-corrected chi connectivity index (χ4v) is 3.95. The Labute approximate surface area is 176 Å². The highest BCUT2D eigenvalue weighted by atomic mass is 19.4. The summed E-state index contributed by atoms with van der Waals surface area (Å²) in [6, 6.07) is 4.23.